The molecule has 4 rings (SSSR count). The van der Waals surface area contributed by atoms with Crippen LogP contribution in [0.5, 0.6) is 0 Å². The molecule has 30 heavy (non-hydrogen) atoms. The number of alkyl halides is 2. The Labute approximate surface area is 184 Å². The van der Waals surface area contributed by atoms with Crippen molar-refractivity contribution in [3.8, 4) is 0 Å². The Hall–Kier alpha value is -1.82. The van der Waals surface area contributed by atoms with Crippen LogP contribution in [0.15, 0.2) is 35.2 Å². The summed E-state index contributed by atoms with van der Waals surface area (Å²) in [6, 6.07) is 4.28. The Bertz CT molecular complexity index is 1030. The molecule has 0 radical (unpaired) electrons. The highest BCUT2D eigenvalue weighted by Gasteiger charge is 2.32. The summed E-state index contributed by atoms with van der Waals surface area (Å²) >= 11 is 9.24. The first kappa shape index (κ1) is 22.9. The lowest BCUT2D eigenvalue weighted by atomic mass is 9.79. The molecule has 2 aromatic heterocycles. The molecule has 3 heterocycles. The zero-order valence-corrected chi connectivity index (χ0v) is 18.4. The summed E-state index contributed by atoms with van der Waals surface area (Å²) in [5, 5.41) is 17.5. The maximum absolute atomic E-state index is 12.7. The minimum Gasteiger partial charge on any atom is -0.423 e. The average Bonchev–Trinajstić information content (AvgIpc) is 3.24. The molecule has 1 aliphatic heterocycles. The van der Waals surface area contributed by atoms with Gasteiger partial charge in [-0.05, 0) is 46.0 Å². The molecule has 1 N–H and O–H groups in total. The summed E-state index contributed by atoms with van der Waals surface area (Å²) in [5.74, 6) is -0.293. The smallest absolute Gasteiger partial charge is 0.423 e. The number of hydrogen-bond acceptors (Lipinski definition) is 4. The van der Waals surface area contributed by atoms with Crippen LogP contribution in [0, 0.1) is 5.82 Å². The van der Waals surface area contributed by atoms with Crippen LogP contribution in [0.1, 0.15) is 29.7 Å². The number of nitrogens with zero attached hydrogens (tertiary/aromatic N) is 4. The molecule has 1 aromatic carbocycles. The summed E-state index contributed by atoms with van der Waals surface area (Å²) in [6.07, 6.45) is 1.21. The average molecular weight is 506 g/mol. The molecule has 0 amide bonds. The highest BCUT2D eigenvalue weighted by molar-refractivity contribution is 9.10. The highest BCUT2D eigenvalue weighted by Crippen LogP contribution is 2.23. The van der Waals surface area contributed by atoms with E-state index in [1.165, 1.54) is 18.3 Å². The van der Waals surface area contributed by atoms with Crippen LogP contribution >= 0.6 is 27.5 Å². The Kier molecular flexibility index (Phi) is 7.28. The maximum Gasteiger partial charge on any atom is 0.491 e. The Balaban J connectivity index is 0.000000184. The second-order valence-electron chi connectivity index (χ2n) is 6.76. The van der Waals surface area contributed by atoms with Crippen molar-refractivity contribution in [1.82, 2.24) is 19.6 Å². The number of fused-ring (bicyclic) bond motifs is 1. The first-order valence-corrected chi connectivity index (χ1v) is 10.1. The predicted molar refractivity (Wildman–Crippen MR) is 110 cm³/mol. The van der Waals surface area contributed by atoms with E-state index in [0.717, 1.165) is 15.8 Å². The minimum atomic E-state index is -2.45. The van der Waals surface area contributed by atoms with Gasteiger partial charge in [0.25, 0.3) is 6.43 Å². The highest BCUT2D eigenvalue weighted by atomic mass is 79.9. The van der Waals surface area contributed by atoms with Crippen molar-refractivity contribution in [2.45, 2.75) is 32.4 Å². The second-order valence-corrected chi connectivity index (χ2v) is 7.87. The Morgan fingerprint density at radius 1 is 1.30 bits per heavy atom. The first-order chi connectivity index (χ1) is 14.1. The molecule has 160 valence electrons. The summed E-state index contributed by atoms with van der Waals surface area (Å²) in [6.45, 7) is 1.34. The standard InChI is InChI=1S/C10H10BrClF2N4.C8H8BFO2/c1-17-3-6(9(11)15-17)2-7-4-18(5-8(13)14)16-10(7)12;1-5-7-4-6(10)2-3-8(7)9(11)12-5/h3-4,8H,2,5H2,1H3;2-5,11H,1H3/t;5-/m.1/s1. The van der Waals surface area contributed by atoms with Crippen molar-refractivity contribution >= 4 is 40.1 Å². The van der Waals surface area contributed by atoms with Crippen molar-refractivity contribution < 1.29 is 22.8 Å². The van der Waals surface area contributed by atoms with Crippen LogP contribution in [0.2, 0.25) is 5.15 Å². The van der Waals surface area contributed by atoms with Gasteiger partial charge in [0, 0.05) is 37.0 Å². The molecule has 12 heteroatoms. The molecule has 0 spiro atoms. The van der Waals surface area contributed by atoms with Crippen LogP contribution in [0.4, 0.5) is 13.2 Å². The van der Waals surface area contributed by atoms with Crippen LogP contribution in [0.25, 0.3) is 0 Å². The van der Waals surface area contributed by atoms with Gasteiger partial charge in [-0.2, -0.15) is 10.2 Å². The van der Waals surface area contributed by atoms with E-state index in [9.17, 15) is 18.2 Å². The minimum absolute atomic E-state index is 0.217. The van der Waals surface area contributed by atoms with Crippen LogP contribution in [0.3, 0.4) is 0 Å². The molecular formula is C18H18BBrClF3N4O2. The van der Waals surface area contributed by atoms with Gasteiger partial charge in [-0.3, -0.25) is 9.36 Å². The van der Waals surface area contributed by atoms with Gasteiger partial charge in [-0.15, -0.1) is 0 Å². The second kappa shape index (κ2) is 9.55. The topological polar surface area (TPSA) is 65.1 Å². The SMILES string of the molecule is C[C@H]1OB(O)c2ccc(F)cc21.Cn1cc(Cc2cn(CC(F)F)nc2Cl)c(Br)n1. The molecule has 0 saturated heterocycles. The van der Waals surface area contributed by atoms with Crippen molar-refractivity contribution in [2.24, 2.45) is 7.05 Å². The van der Waals surface area contributed by atoms with E-state index in [4.69, 9.17) is 16.3 Å². The van der Waals surface area contributed by atoms with E-state index in [2.05, 4.69) is 26.1 Å². The van der Waals surface area contributed by atoms with Crippen LogP contribution in [-0.2, 0) is 24.7 Å². The summed E-state index contributed by atoms with van der Waals surface area (Å²) < 4.78 is 45.8. The van der Waals surface area contributed by atoms with Gasteiger partial charge < -0.3 is 9.68 Å². The van der Waals surface area contributed by atoms with Gasteiger partial charge in [-0.25, -0.2) is 13.2 Å². The van der Waals surface area contributed by atoms with Crippen LogP contribution < -0.4 is 5.46 Å². The lowest BCUT2D eigenvalue weighted by Gasteiger charge is -2.02. The van der Waals surface area contributed by atoms with E-state index >= 15 is 0 Å². The zero-order chi connectivity index (χ0) is 22.0. The summed E-state index contributed by atoms with van der Waals surface area (Å²) in [7, 11) is 0.909. The summed E-state index contributed by atoms with van der Waals surface area (Å²) in [5.41, 5.74) is 3.04. The number of aromatic nitrogens is 4. The molecule has 0 unspecified atom stereocenters. The lowest BCUT2D eigenvalue weighted by molar-refractivity contribution is 0.122. The lowest BCUT2D eigenvalue weighted by Crippen LogP contribution is -2.27. The van der Waals surface area contributed by atoms with Gasteiger partial charge in [-0.1, -0.05) is 17.7 Å². The number of halogens is 5. The number of rotatable bonds is 4. The van der Waals surface area contributed by atoms with Crippen molar-refractivity contribution in [2.75, 3.05) is 0 Å². The zero-order valence-electron chi connectivity index (χ0n) is 16.1. The van der Waals surface area contributed by atoms with Crippen LogP contribution in [-0.4, -0.2) is 38.1 Å². The van der Waals surface area contributed by atoms with E-state index in [1.807, 2.05) is 6.20 Å². The number of hydrogen-bond donors (Lipinski definition) is 1. The third-order valence-electron chi connectivity index (χ3n) is 4.43. The van der Waals surface area contributed by atoms with Gasteiger partial charge in [0.2, 0.25) is 0 Å². The maximum atomic E-state index is 12.7. The molecule has 0 saturated carbocycles. The molecule has 1 aliphatic rings. The van der Waals surface area contributed by atoms with Crippen molar-refractivity contribution in [3.05, 3.63) is 62.9 Å². The quantitative estimate of drug-likeness (QED) is 0.552. The predicted octanol–water partition coefficient (Wildman–Crippen LogP) is 3.49. The van der Waals surface area contributed by atoms with Gasteiger partial charge in [0.1, 0.15) is 17.0 Å². The fraction of sp³-hybridized carbons (Fsp3) is 0.333. The Morgan fingerprint density at radius 2 is 2.03 bits per heavy atom. The van der Waals surface area contributed by atoms with Gasteiger partial charge in [0.15, 0.2) is 5.15 Å². The summed E-state index contributed by atoms with van der Waals surface area (Å²) in [4.78, 5) is 0. The monoisotopic (exact) mass is 504 g/mol. The largest absolute Gasteiger partial charge is 0.491 e. The van der Waals surface area contributed by atoms with Gasteiger partial charge >= 0.3 is 7.12 Å². The Morgan fingerprint density at radius 3 is 2.67 bits per heavy atom. The molecular weight excluding hydrogens is 487 g/mol. The number of aryl methyl sites for hydroxylation is 1. The molecule has 3 aromatic rings. The van der Waals surface area contributed by atoms with Crippen molar-refractivity contribution in [3.63, 3.8) is 0 Å². The third kappa shape index (κ3) is 5.45. The van der Waals surface area contributed by atoms with E-state index < -0.39 is 20.1 Å². The first-order valence-electron chi connectivity index (χ1n) is 8.95. The van der Waals surface area contributed by atoms with Crippen molar-refractivity contribution in [1.29, 1.82) is 0 Å². The molecule has 0 fully saturated rings. The molecule has 0 aliphatic carbocycles. The van der Waals surface area contributed by atoms with Gasteiger partial charge in [0.05, 0.1) is 6.10 Å². The molecule has 6 nitrogen and oxygen atoms in total. The number of benzene rings is 1. The fourth-order valence-electron chi connectivity index (χ4n) is 3.09. The normalized spacial score (nSPS) is 15.4. The molecule has 1 atom stereocenters. The van der Waals surface area contributed by atoms with E-state index in [0.29, 0.717) is 22.1 Å². The van der Waals surface area contributed by atoms with E-state index in [1.54, 1.807) is 24.7 Å². The fourth-order valence-corrected chi connectivity index (χ4v) is 3.79. The third-order valence-corrected chi connectivity index (χ3v) is 5.42. The van der Waals surface area contributed by atoms with E-state index in [-0.39, 0.29) is 17.1 Å². The molecule has 0 bridgehead atoms.